The Balaban J connectivity index is 2.81. The Labute approximate surface area is 111 Å². The summed E-state index contributed by atoms with van der Waals surface area (Å²) >= 11 is 0. The maximum absolute atomic E-state index is 11.9. The molecule has 102 valence electrons. The standard InChI is InChI=1S/C13H16N2O4/c1-2-3-8-14-13(19)15(9-12(17)18)10-4-6-11(16)7-5-10/h2,4-7,16H,1,3,8-9H2,(H,14,19)(H,17,18). The van der Waals surface area contributed by atoms with Gasteiger partial charge in [-0.3, -0.25) is 9.69 Å². The number of nitrogens with zero attached hydrogens (tertiary/aromatic N) is 1. The first-order valence-electron chi connectivity index (χ1n) is 5.71. The predicted molar refractivity (Wildman–Crippen MR) is 71.3 cm³/mol. The molecule has 0 heterocycles. The average molecular weight is 264 g/mol. The molecule has 1 aromatic rings. The van der Waals surface area contributed by atoms with Gasteiger partial charge >= 0.3 is 12.0 Å². The monoisotopic (exact) mass is 264 g/mol. The second-order valence-electron chi connectivity index (χ2n) is 3.81. The summed E-state index contributed by atoms with van der Waals surface area (Å²) < 4.78 is 0. The third kappa shape index (κ3) is 4.71. The molecule has 6 nitrogen and oxygen atoms in total. The van der Waals surface area contributed by atoms with E-state index in [2.05, 4.69) is 11.9 Å². The maximum atomic E-state index is 11.9. The normalized spacial score (nSPS) is 9.68. The lowest BCUT2D eigenvalue weighted by molar-refractivity contribution is -0.135. The highest BCUT2D eigenvalue weighted by atomic mass is 16.4. The van der Waals surface area contributed by atoms with Crippen LogP contribution in [0.25, 0.3) is 0 Å². The lowest BCUT2D eigenvalue weighted by Gasteiger charge is -2.21. The van der Waals surface area contributed by atoms with Gasteiger partial charge < -0.3 is 15.5 Å². The van der Waals surface area contributed by atoms with Gasteiger partial charge in [-0.1, -0.05) is 6.08 Å². The van der Waals surface area contributed by atoms with Crippen LogP contribution in [0.3, 0.4) is 0 Å². The zero-order valence-corrected chi connectivity index (χ0v) is 10.4. The highest BCUT2D eigenvalue weighted by Crippen LogP contribution is 2.18. The van der Waals surface area contributed by atoms with E-state index in [0.717, 1.165) is 4.90 Å². The van der Waals surface area contributed by atoms with Crippen LogP contribution in [-0.2, 0) is 4.79 Å². The number of urea groups is 1. The molecular formula is C13H16N2O4. The Morgan fingerprint density at radius 2 is 1.95 bits per heavy atom. The van der Waals surface area contributed by atoms with Crippen LogP contribution in [0, 0.1) is 0 Å². The number of carboxylic acids is 1. The molecule has 0 aliphatic carbocycles. The van der Waals surface area contributed by atoms with Gasteiger partial charge in [-0.15, -0.1) is 6.58 Å². The minimum Gasteiger partial charge on any atom is -0.508 e. The van der Waals surface area contributed by atoms with E-state index in [-0.39, 0.29) is 5.75 Å². The second kappa shape index (κ2) is 7.05. The van der Waals surface area contributed by atoms with E-state index in [1.807, 2.05) is 0 Å². The predicted octanol–water partition coefficient (Wildman–Crippen LogP) is 1.57. The van der Waals surface area contributed by atoms with Crippen molar-refractivity contribution in [1.29, 1.82) is 0 Å². The van der Waals surface area contributed by atoms with Crippen molar-refractivity contribution in [2.75, 3.05) is 18.0 Å². The molecule has 1 aromatic carbocycles. The second-order valence-corrected chi connectivity index (χ2v) is 3.81. The summed E-state index contributed by atoms with van der Waals surface area (Å²) in [5.74, 6) is -1.07. The van der Waals surface area contributed by atoms with Crippen molar-refractivity contribution in [2.45, 2.75) is 6.42 Å². The molecule has 19 heavy (non-hydrogen) atoms. The summed E-state index contributed by atoms with van der Waals surface area (Å²) in [6.45, 7) is 3.46. The van der Waals surface area contributed by atoms with E-state index in [0.29, 0.717) is 18.7 Å². The topological polar surface area (TPSA) is 89.9 Å². The Kier molecular flexibility index (Phi) is 5.40. The van der Waals surface area contributed by atoms with Crippen molar-refractivity contribution in [1.82, 2.24) is 5.32 Å². The lowest BCUT2D eigenvalue weighted by Crippen LogP contribution is -2.43. The van der Waals surface area contributed by atoms with Crippen LogP contribution in [-0.4, -0.2) is 35.3 Å². The molecule has 0 atom stereocenters. The summed E-state index contributed by atoms with van der Waals surface area (Å²) in [6.07, 6.45) is 2.25. The number of hydrogen-bond donors (Lipinski definition) is 3. The number of aromatic hydroxyl groups is 1. The van der Waals surface area contributed by atoms with E-state index < -0.39 is 18.5 Å². The Morgan fingerprint density at radius 1 is 1.32 bits per heavy atom. The summed E-state index contributed by atoms with van der Waals surface area (Å²) in [6, 6.07) is 5.23. The molecule has 1 rings (SSSR count). The number of amides is 2. The fourth-order valence-electron chi connectivity index (χ4n) is 1.42. The fourth-order valence-corrected chi connectivity index (χ4v) is 1.42. The van der Waals surface area contributed by atoms with Gasteiger partial charge in [0.1, 0.15) is 12.3 Å². The van der Waals surface area contributed by atoms with E-state index >= 15 is 0 Å². The molecule has 0 aromatic heterocycles. The van der Waals surface area contributed by atoms with E-state index in [1.54, 1.807) is 6.08 Å². The molecule has 0 radical (unpaired) electrons. The Hall–Kier alpha value is -2.50. The van der Waals surface area contributed by atoms with Crippen LogP contribution < -0.4 is 10.2 Å². The summed E-state index contributed by atoms with van der Waals surface area (Å²) in [4.78, 5) is 23.8. The van der Waals surface area contributed by atoms with Crippen molar-refractivity contribution in [3.63, 3.8) is 0 Å². The molecule has 0 aliphatic heterocycles. The Bertz CT molecular complexity index is 456. The van der Waals surface area contributed by atoms with Gasteiger partial charge in [0.2, 0.25) is 0 Å². The summed E-state index contributed by atoms with van der Waals surface area (Å²) in [7, 11) is 0. The van der Waals surface area contributed by atoms with Crippen molar-refractivity contribution in [2.24, 2.45) is 0 Å². The fraction of sp³-hybridized carbons (Fsp3) is 0.231. The summed E-state index contributed by atoms with van der Waals surface area (Å²) in [5.41, 5.74) is 0.399. The molecule has 3 N–H and O–H groups in total. The Morgan fingerprint density at radius 3 is 2.47 bits per heavy atom. The van der Waals surface area contributed by atoms with E-state index in [1.165, 1.54) is 24.3 Å². The maximum Gasteiger partial charge on any atom is 0.323 e. The number of hydrogen-bond acceptors (Lipinski definition) is 3. The number of benzene rings is 1. The molecular weight excluding hydrogens is 248 g/mol. The molecule has 0 spiro atoms. The zero-order valence-electron chi connectivity index (χ0n) is 10.4. The number of phenolic OH excluding ortho intramolecular Hbond substituents is 1. The highest BCUT2D eigenvalue weighted by molar-refractivity contribution is 5.96. The molecule has 0 fully saturated rings. The number of carboxylic acid groups (broad SMARTS) is 1. The van der Waals surface area contributed by atoms with E-state index in [9.17, 15) is 14.7 Å². The van der Waals surface area contributed by atoms with E-state index in [4.69, 9.17) is 5.11 Å². The van der Waals surface area contributed by atoms with Gasteiger partial charge in [0, 0.05) is 12.2 Å². The number of carbonyl (C=O) groups is 2. The molecule has 2 amide bonds. The minimum atomic E-state index is -1.12. The molecule has 6 heteroatoms. The molecule has 0 aliphatic rings. The zero-order chi connectivity index (χ0) is 14.3. The first-order chi connectivity index (χ1) is 9.04. The van der Waals surface area contributed by atoms with Gasteiger partial charge in [-0.2, -0.15) is 0 Å². The quantitative estimate of drug-likeness (QED) is 0.537. The lowest BCUT2D eigenvalue weighted by atomic mass is 10.2. The summed E-state index contributed by atoms with van der Waals surface area (Å²) in [5, 5.41) is 20.6. The van der Waals surface area contributed by atoms with Crippen LogP contribution in [0.4, 0.5) is 10.5 Å². The van der Waals surface area contributed by atoms with Crippen LogP contribution in [0.1, 0.15) is 6.42 Å². The SMILES string of the molecule is C=CCCNC(=O)N(CC(=O)O)c1ccc(O)cc1. The number of phenols is 1. The molecule has 0 saturated heterocycles. The van der Waals surface area contributed by atoms with Crippen LogP contribution in [0.5, 0.6) is 5.75 Å². The number of nitrogens with one attached hydrogen (secondary N) is 1. The number of rotatable bonds is 6. The van der Waals surface area contributed by atoms with Gasteiger partial charge in [0.05, 0.1) is 0 Å². The molecule has 0 bridgehead atoms. The third-order valence-corrected chi connectivity index (χ3v) is 2.32. The largest absolute Gasteiger partial charge is 0.508 e. The molecule has 0 unspecified atom stereocenters. The third-order valence-electron chi connectivity index (χ3n) is 2.32. The van der Waals surface area contributed by atoms with Crippen LogP contribution in [0.15, 0.2) is 36.9 Å². The van der Waals surface area contributed by atoms with Crippen molar-refractivity contribution < 1.29 is 19.8 Å². The molecule has 0 saturated carbocycles. The van der Waals surface area contributed by atoms with Gasteiger partial charge in [0.15, 0.2) is 0 Å². The van der Waals surface area contributed by atoms with Crippen molar-refractivity contribution in [3.05, 3.63) is 36.9 Å². The first-order valence-corrected chi connectivity index (χ1v) is 5.71. The van der Waals surface area contributed by atoms with Crippen LogP contribution in [0.2, 0.25) is 0 Å². The minimum absolute atomic E-state index is 0.0473. The van der Waals surface area contributed by atoms with Gasteiger partial charge in [0.25, 0.3) is 0 Å². The smallest absolute Gasteiger partial charge is 0.323 e. The van der Waals surface area contributed by atoms with Gasteiger partial charge in [-0.25, -0.2) is 4.79 Å². The van der Waals surface area contributed by atoms with Gasteiger partial charge in [-0.05, 0) is 30.7 Å². The first kappa shape index (κ1) is 14.6. The van der Waals surface area contributed by atoms with Crippen molar-refractivity contribution >= 4 is 17.7 Å². The number of anilines is 1. The number of carbonyl (C=O) groups excluding carboxylic acids is 1. The van der Waals surface area contributed by atoms with Crippen LogP contribution >= 0.6 is 0 Å². The highest BCUT2D eigenvalue weighted by Gasteiger charge is 2.18. The number of aliphatic carboxylic acids is 1. The average Bonchev–Trinajstić information content (AvgIpc) is 2.37. The van der Waals surface area contributed by atoms with Crippen molar-refractivity contribution in [3.8, 4) is 5.75 Å².